The first-order chi connectivity index (χ1) is 8.00. The van der Waals surface area contributed by atoms with Crippen molar-refractivity contribution in [1.29, 1.82) is 0 Å². The Bertz CT molecular complexity index is 553. The van der Waals surface area contributed by atoms with Crippen LogP contribution in [0, 0.1) is 0 Å². The lowest BCUT2D eigenvalue weighted by Gasteiger charge is -2.11. The van der Waals surface area contributed by atoms with Gasteiger partial charge in [0.15, 0.2) is 5.03 Å². The van der Waals surface area contributed by atoms with E-state index in [1.807, 2.05) is 12.2 Å². The van der Waals surface area contributed by atoms with E-state index in [4.69, 9.17) is 5.11 Å². The summed E-state index contributed by atoms with van der Waals surface area (Å²) in [4.78, 5) is 10.8. The van der Waals surface area contributed by atoms with Gasteiger partial charge in [-0.25, -0.2) is 17.9 Å². The standard InChI is InChI=1S/C9H11N3O4S/c13-9(14)7-5-10-11-8(7)17(15,16)12-6-3-1-2-4-6/h1-2,5-6,12H,3-4H2,(H,10,11)(H,13,14). The van der Waals surface area contributed by atoms with Crippen molar-refractivity contribution in [3.05, 3.63) is 23.9 Å². The molecule has 7 nitrogen and oxygen atoms in total. The second-order valence-electron chi connectivity index (χ2n) is 3.68. The molecule has 0 saturated heterocycles. The third-order valence-corrected chi connectivity index (χ3v) is 3.93. The van der Waals surface area contributed by atoms with Gasteiger partial charge in [-0.2, -0.15) is 5.10 Å². The van der Waals surface area contributed by atoms with Gasteiger partial charge in [-0.3, -0.25) is 5.10 Å². The number of carbonyl (C=O) groups is 1. The number of aromatic carboxylic acids is 1. The van der Waals surface area contributed by atoms with Gasteiger partial charge in [-0.15, -0.1) is 0 Å². The van der Waals surface area contributed by atoms with Crippen LogP contribution in [-0.4, -0.2) is 35.7 Å². The Morgan fingerprint density at radius 2 is 2.12 bits per heavy atom. The summed E-state index contributed by atoms with van der Waals surface area (Å²) >= 11 is 0. The molecule has 0 fully saturated rings. The fourth-order valence-corrected chi connectivity index (χ4v) is 2.97. The Hall–Kier alpha value is -1.67. The molecule has 1 heterocycles. The average molecular weight is 257 g/mol. The number of nitrogens with one attached hydrogen (secondary N) is 2. The smallest absolute Gasteiger partial charge is 0.340 e. The second kappa shape index (κ2) is 4.30. The van der Waals surface area contributed by atoms with Crippen LogP contribution >= 0.6 is 0 Å². The van der Waals surface area contributed by atoms with Crippen LogP contribution in [0.15, 0.2) is 23.4 Å². The van der Waals surface area contributed by atoms with Crippen molar-refractivity contribution in [3.63, 3.8) is 0 Å². The quantitative estimate of drug-likeness (QED) is 0.662. The van der Waals surface area contributed by atoms with Gasteiger partial charge >= 0.3 is 5.97 Å². The molecule has 92 valence electrons. The van der Waals surface area contributed by atoms with Gasteiger partial charge in [0.25, 0.3) is 10.0 Å². The van der Waals surface area contributed by atoms with E-state index in [0.29, 0.717) is 12.8 Å². The van der Waals surface area contributed by atoms with Crippen molar-refractivity contribution in [1.82, 2.24) is 14.9 Å². The molecule has 0 aromatic carbocycles. The summed E-state index contributed by atoms with van der Waals surface area (Å²) in [5.41, 5.74) is -0.358. The van der Waals surface area contributed by atoms with Crippen LogP contribution in [0.25, 0.3) is 0 Å². The highest BCUT2D eigenvalue weighted by Gasteiger charge is 2.27. The Kier molecular flexibility index (Phi) is 2.99. The molecule has 0 aliphatic heterocycles. The summed E-state index contributed by atoms with van der Waals surface area (Å²) < 4.78 is 26.2. The van der Waals surface area contributed by atoms with Crippen molar-refractivity contribution in [3.8, 4) is 0 Å². The largest absolute Gasteiger partial charge is 0.478 e. The van der Waals surface area contributed by atoms with E-state index >= 15 is 0 Å². The van der Waals surface area contributed by atoms with E-state index in [2.05, 4.69) is 14.9 Å². The highest BCUT2D eigenvalue weighted by Crippen LogP contribution is 2.16. The highest BCUT2D eigenvalue weighted by molar-refractivity contribution is 7.89. The van der Waals surface area contributed by atoms with Crippen molar-refractivity contribution in [2.75, 3.05) is 0 Å². The van der Waals surface area contributed by atoms with Crippen LogP contribution in [0.3, 0.4) is 0 Å². The molecule has 0 radical (unpaired) electrons. The fraction of sp³-hybridized carbons (Fsp3) is 0.333. The maximum absolute atomic E-state index is 11.9. The van der Waals surface area contributed by atoms with Crippen molar-refractivity contribution < 1.29 is 18.3 Å². The topological polar surface area (TPSA) is 112 Å². The zero-order valence-electron chi connectivity index (χ0n) is 8.75. The predicted molar refractivity (Wildman–Crippen MR) is 58.0 cm³/mol. The normalized spacial score (nSPS) is 16.5. The summed E-state index contributed by atoms with van der Waals surface area (Å²) in [6.45, 7) is 0. The third-order valence-electron chi connectivity index (χ3n) is 2.43. The minimum atomic E-state index is -3.86. The number of carboxylic acid groups (broad SMARTS) is 1. The monoisotopic (exact) mass is 257 g/mol. The van der Waals surface area contributed by atoms with Crippen molar-refractivity contribution in [2.24, 2.45) is 0 Å². The van der Waals surface area contributed by atoms with E-state index in [9.17, 15) is 13.2 Å². The number of carboxylic acids is 1. The van der Waals surface area contributed by atoms with Gasteiger partial charge in [0.1, 0.15) is 5.56 Å². The first-order valence-electron chi connectivity index (χ1n) is 4.94. The first kappa shape index (κ1) is 11.8. The molecular formula is C9H11N3O4S. The van der Waals surface area contributed by atoms with E-state index in [1.165, 1.54) is 0 Å². The zero-order chi connectivity index (χ0) is 12.5. The number of hydrogen-bond acceptors (Lipinski definition) is 4. The van der Waals surface area contributed by atoms with Gasteiger partial charge in [-0.1, -0.05) is 12.2 Å². The van der Waals surface area contributed by atoms with Crippen LogP contribution in [-0.2, 0) is 10.0 Å². The van der Waals surface area contributed by atoms with Gasteiger partial charge in [-0.05, 0) is 12.8 Å². The molecule has 0 saturated carbocycles. The second-order valence-corrected chi connectivity index (χ2v) is 5.33. The molecule has 0 unspecified atom stereocenters. The Morgan fingerprint density at radius 1 is 1.47 bits per heavy atom. The third kappa shape index (κ3) is 2.37. The minimum Gasteiger partial charge on any atom is -0.478 e. The van der Waals surface area contributed by atoms with Gasteiger partial charge in [0.2, 0.25) is 0 Å². The minimum absolute atomic E-state index is 0.218. The summed E-state index contributed by atoms with van der Waals surface area (Å²) in [6, 6.07) is -0.218. The average Bonchev–Trinajstić information content (AvgIpc) is 2.84. The number of sulfonamides is 1. The summed E-state index contributed by atoms with van der Waals surface area (Å²) in [5, 5.41) is 14.1. The molecule has 0 atom stereocenters. The molecule has 0 amide bonds. The van der Waals surface area contributed by atoms with Crippen LogP contribution < -0.4 is 4.72 Å². The van der Waals surface area contributed by atoms with Crippen LogP contribution in [0.5, 0.6) is 0 Å². The van der Waals surface area contributed by atoms with E-state index in [1.54, 1.807) is 0 Å². The molecule has 1 aromatic rings. The van der Waals surface area contributed by atoms with Gasteiger partial charge < -0.3 is 5.11 Å². The summed E-state index contributed by atoms with van der Waals surface area (Å²) in [6.07, 6.45) is 5.94. The number of rotatable bonds is 4. The number of aromatic nitrogens is 2. The molecular weight excluding hydrogens is 246 g/mol. The lowest BCUT2D eigenvalue weighted by atomic mass is 10.3. The fourth-order valence-electron chi connectivity index (χ4n) is 1.62. The number of hydrogen-bond donors (Lipinski definition) is 3. The Balaban J connectivity index is 2.25. The maximum atomic E-state index is 11.9. The zero-order valence-corrected chi connectivity index (χ0v) is 9.57. The van der Waals surface area contributed by atoms with Crippen molar-refractivity contribution >= 4 is 16.0 Å². The molecule has 0 spiro atoms. The lowest BCUT2D eigenvalue weighted by Crippen LogP contribution is -2.33. The number of aromatic amines is 1. The molecule has 8 heteroatoms. The molecule has 1 aliphatic rings. The molecule has 0 bridgehead atoms. The Labute approximate surface area is 97.6 Å². The summed E-state index contributed by atoms with van der Waals surface area (Å²) in [7, 11) is -3.86. The van der Waals surface area contributed by atoms with Gasteiger partial charge in [0, 0.05) is 6.04 Å². The highest BCUT2D eigenvalue weighted by atomic mass is 32.2. The molecule has 3 N–H and O–H groups in total. The maximum Gasteiger partial charge on any atom is 0.340 e. The molecule has 2 rings (SSSR count). The molecule has 1 aromatic heterocycles. The number of nitrogens with zero attached hydrogens (tertiary/aromatic N) is 1. The van der Waals surface area contributed by atoms with Crippen LogP contribution in [0.4, 0.5) is 0 Å². The molecule has 17 heavy (non-hydrogen) atoms. The predicted octanol–water partition coefficient (Wildman–Crippen LogP) is 0.105. The SMILES string of the molecule is O=C(O)c1cn[nH]c1S(=O)(=O)NC1CC=CC1. The van der Waals surface area contributed by atoms with E-state index < -0.39 is 21.0 Å². The summed E-state index contributed by atoms with van der Waals surface area (Å²) in [5.74, 6) is -1.33. The van der Waals surface area contributed by atoms with Crippen molar-refractivity contribution in [2.45, 2.75) is 23.9 Å². The molecule has 1 aliphatic carbocycles. The van der Waals surface area contributed by atoms with E-state index in [0.717, 1.165) is 6.20 Å². The number of H-pyrrole nitrogens is 1. The lowest BCUT2D eigenvalue weighted by molar-refractivity contribution is 0.0692. The van der Waals surface area contributed by atoms with E-state index in [-0.39, 0.29) is 11.6 Å². The first-order valence-corrected chi connectivity index (χ1v) is 6.43. The Morgan fingerprint density at radius 3 is 2.71 bits per heavy atom. The van der Waals surface area contributed by atoms with Crippen LogP contribution in [0.1, 0.15) is 23.2 Å². The van der Waals surface area contributed by atoms with Gasteiger partial charge in [0.05, 0.1) is 6.20 Å². The van der Waals surface area contributed by atoms with Crippen LogP contribution in [0.2, 0.25) is 0 Å².